The van der Waals surface area contributed by atoms with Crippen LogP contribution in [0.3, 0.4) is 0 Å². The minimum absolute atomic E-state index is 0.116. The molecule has 0 unspecified atom stereocenters. The Morgan fingerprint density at radius 1 is 1.16 bits per heavy atom. The van der Waals surface area contributed by atoms with Gasteiger partial charge in [-0.2, -0.15) is 5.10 Å². The SMILES string of the molecule is C[C@H]1C(=O)N(CCc2ccccc2)Cc2nnc(Cn3cccn3)n21. The zero-order chi connectivity index (χ0) is 17.2. The predicted molar refractivity (Wildman–Crippen MR) is 91.6 cm³/mol. The standard InChI is InChI=1S/C18H20N6O/c1-14-18(25)22(11-8-15-6-3-2-4-7-15)12-16-20-21-17(24(14)16)13-23-10-5-9-19-23/h2-7,9-10,14H,8,11-13H2,1H3/t14-/m0/s1. The molecule has 7 nitrogen and oxygen atoms in total. The third kappa shape index (κ3) is 3.05. The first-order chi connectivity index (χ1) is 12.2. The van der Waals surface area contributed by atoms with Crippen molar-refractivity contribution in [3.8, 4) is 0 Å². The maximum absolute atomic E-state index is 12.8. The van der Waals surface area contributed by atoms with Gasteiger partial charge in [-0.05, 0) is 25.0 Å². The van der Waals surface area contributed by atoms with Gasteiger partial charge in [-0.1, -0.05) is 30.3 Å². The maximum atomic E-state index is 12.8. The summed E-state index contributed by atoms with van der Waals surface area (Å²) in [7, 11) is 0. The largest absolute Gasteiger partial charge is 0.333 e. The van der Waals surface area contributed by atoms with Crippen molar-refractivity contribution in [1.82, 2.24) is 29.4 Å². The quantitative estimate of drug-likeness (QED) is 0.711. The number of hydrogen-bond donors (Lipinski definition) is 0. The van der Waals surface area contributed by atoms with Crippen LogP contribution < -0.4 is 0 Å². The van der Waals surface area contributed by atoms with E-state index in [4.69, 9.17) is 0 Å². The lowest BCUT2D eigenvalue weighted by molar-refractivity contribution is -0.137. The molecule has 1 atom stereocenters. The second-order valence-corrected chi connectivity index (χ2v) is 6.28. The van der Waals surface area contributed by atoms with Gasteiger partial charge >= 0.3 is 0 Å². The molecule has 4 rings (SSSR count). The number of hydrogen-bond acceptors (Lipinski definition) is 4. The molecule has 1 amide bonds. The van der Waals surface area contributed by atoms with Crippen molar-refractivity contribution >= 4 is 5.91 Å². The smallest absolute Gasteiger partial charge is 0.245 e. The van der Waals surface area contributed by atoms with Gasteiger partial charge in [-0.15, -0.1) is 10.2 Å². The molecule has 1 aliphatic heterocycles. The number of benzene rings is 1. The fourth-order valence-corrected chi connectivity index (χ4v) is 3.28. The Bertz CT molecular complexity index is 855. The Labute approximate surface area is 145 Å². The molecule has 1 aliphatic rings. The summed E-state index contributed by atoms with van der Waals surface area (Å²) in [6, 6.07) is 11.8. The van der Waals surface area contributed by atoms with Gasteiger partial charge in [0.1, 0.15) is 12.6 Å². The summed E-state index contributed by atoms with van der Waals surface area (Å²) in [4.78, 5) is 14.7. The molecule has 3 aromatic rings. The van der Waals surface area contributed by atoms with Gasteiger partial charge in [0.25, 0.3) is 0 Å². The Morgan fingerprint density at radius 2 is 2.00 bits per heavy atom. The van der Waals surface area contributed by atoms with Crippen LogP contribution in [0, 0.1) is 0 Å². The third-order valence-corrected chi connectivity index (χ3v) is 4.60. The topological polar surface area (TPSA) is 68.8 Å². The second-order valence-electron chi connectivity index (χ2n) is 6.28. The zero-order valence-electron chi connectivity index (χ0n) is 14.1. The predicted octanol–water partition coefficient (Wildman–Crippen LogP) is 1.67. The summed E-state index contributed by atoms with van der Waals surface area (Å²) in [5.41, 5.74) is 1.23. The molecule has 128 valence electrons. The molecule has 3 heterocycles. The van der Waals surface area contributed by atoms with Crippen molar-refractivity contribution in [1.29, 1.82) is 0 Å². The summed E-state index contributed by atoms with van der Waals surface area (Å²) < 4.78 is 3.74. The van der Waals surface area contributed by atoms with E-state index in [1.165, 1.54) is 5.56 Å². The van der Waals surface area contributed by atoms with Gasteiger partial charge in [-0.3, -0.25) is 14.0 Å². The van der Waals surface area contributed by atoms with Crippen molar-refractivity contribution in [2.24, 2.45) is 0 Å². The molecule has 0 aliphatic carbocycles. The van der Waals surface area contributed by atoms with Crippen LogP contribution >= 0.6 is 0 Å². The molecule has 2 aromatic heterocycles. The van der Waals surface area contributed by atoms with Gasteiger partial charge in [-0.25, -0.2) is 0 Å². The van der Waals surface area contributed by atoms with Crippen molar-refractivity contribution in [3.05, 3.63) is 66.0 Å². The number of carbonyl (C=O) groups is 1. The van der Waals surface area contributed by atoms with Gasteiger partial charge in [0.15, 0.2) is 11.6 Å². The molecule has 0 spiro atoms. The van der Waals surface area contributed by atoms with E-state index < -0.39 is 0 Å². The van der Waals surface area contributed by atoms with E-state index in [0.717, 1.165) is 18.1 Å². The van der Waals surface area contributed by atoms with Crippen molar-refractivity contribution in [2.75, 3.05) is 6.54 Å². The summed E-state index contributed by atoms with van der Waals surface area (Å²) >= 11 is 0. The van der Waals surface area contributed by atoms with E-state index in [1.54, 1.807) is 10.9 Å². The van der Waals surface area contributed by atoms with Gasteiger partial charge in [0.05, 0.1) is 6.54 Å². The summed E-state index contributed by atoms with van der Waals surface area (Å²) in [6.45, 7) is 3.62. The van der Waals surface area contributed by atoms with Crippen molar-refractivity contribution in [3.63, 3.8) is 0 Å². The molecule has 0 radical (unpaired) electrons. The first-order valence-corrected chi connectivity index (χ1v) is 8.45. The third-order valence-electron chi connectivity index (χ3n) is 4.60. The van der Waals surface area contributed by atoms with Crippen molar-refractivity contribution in [2.45, 2.75) is 32.5 Å². The molecular formula is C18H20N6O. The number of nitrogens with zero attached hydrogens (tertiary/aromatic N) is 6. The first-order valence-electron chi connectivity index (χ1n) is 8.45. The van der Waals surface area contributed by atoms with Crippen LogP contribution in [-0.2, 0) is 24.3 Å². The summed E-state index contributed by atoms with van der Waals surface area (Å²) in [6.07, 6.45) is 4.45. The maximum Gasteiger partial charge on any atom is 0.245 e. The van der Waals surface area contributed by atoms with Crippen LogP contribution in [-0.4, -0.2) is 41.9 Å². The highest BCUT2D eigenvalue weighted by Gasteiger charge is 2.32. The molecule has 0 N–H and O–H groups in total. The van der Waals surface area contributed by atoms with Crippen LogP contribution in [0.2, 0.25) is 0 Å². The van der Waals surface area contributed by atoms with Crippen LogP contribution in [0.4, 0.5) is 0 Å². The van der Waals surface area contributed by atoms with Gasteiger partial charge < -0.3 is 4.90 Å². The van der Waals surface area contributed by atoms with E-state index in [0.29, 0.717) is 19.6 Å². The van der Waals surface area contributed by atoms with E-state index >= 15 is 0 Å². The normalized spacial score (nSPS) is 16.9. The number of rotatable bonds is 5. The molecule has 0 fully saturated rings. The molecule has 25 heavy (non-hydrogen) atoms. The van der Waals surface area contributed by atoms with Crippen LogP contribution in [0.1, 0.15) is 30.2 Å². The lowest BCUT2D eigenvalue weighted by Gasteiger charge is -2.32. The second kappa shape index (κ2) is 6.51. The van der Waals surface area contributed by atoms with Crippen LogP contribution in [0.25, 0.3) is 0 Å². The number of fused-ring (bicyclic) bond motifs is 1. The lowest BCUT2D eigenvalue weighted by Crippen LogP contribution is -2.43. The zero-order valence-corrected chi connectivity index (χ0v) is 14.1. The van der Waals surface area contributed by atoms with Gasteiger partial charge in [0.2, 0.25) is 5.91 Å². The van der Waals surface area contributed by atoms with E-state index in [9.17, 15) is 4.79 Å². The molecular weight excluding hydrogens is 316 g/mol. The lowest BCUT2D eigenvalue weighted by atomic mass is 10.1. The Hall–Kier alpha value is -2.96. The van der Waals surface area contributed by atoms with E-state index in [1.807, 2.05) is 46.9 Å². The minimum Gasteiger partial charge on any atom is -0.333 e. The Balaban J connectivity index is 1.51. The highest BCUT2D eigenvalue weighted by Crippen LogP contribution is 2.23. The molecule has 7 heteroatoms. The highest BCUT2D eigenvalue weighted by atomic mass is 16.2. The van der Waals surface area contributed by atoms with Crippen LogP contribution in [0.15, 0.2) is 48.8 Å². The van der Waals surface area contributed by atoms with Crippen LogP contribution in [0.5, 0.6) is 0 Å². The summed E-state index contributed by atoms with van der Waals surface area (Å²) in [5, 5.41) is 12.8. The van der Waals surface area contributed by atoms with E-state index in [2.05, 4.69) is 27.4 Å². The number of carbonyl (C=O) groups excluding carboxylic acids is 1. The van der Waals surface area contributed by atoms with E-state index in [-0.39, 0.29) is 11.9 Å². The molecule has 0 saturated carbocycles. The number of aromatic nitrogens is 5. The fraction of sp³-hybridized carbons (Fsp3) is 0.333. The molecule has 0 bridgehead atoms. The summed E-state index contributed by atoms with van der Waals surface area (Å²) in [5.74, 6) is 1.72. The fourth-order valence-electron chi connectivity index (χ4n) is 3.28. The van der Waals surface area contributed by atoms with Crippen molar-refractivity contribution < 1.29 is 4.79 Å². The first kappa shape index (κ1) is 15.6. The Kier molecular flexibility index (Phi) is 4.05. The number of amides is 1. The molecule has 1 aromatic carbocycles. The highest BCUT2D eigenvalue weighted by molar-refractivity contribution is 5.81. The Morgan fingerprint density at radius 3 is 2.76 bits per heavy atom. The monoisotopic (exact) mass is 336 g/mol. The average Bonchev–Trinajstić information content (AvgIpc) is 3.28. The average molecular weight is 336 g/mol. The minimum atomic E-state index is -0.292. The van der Waals surface area contributed by atoms with Gasteiger partial charge in [0, 0.05) is 18.9 Å². The molecule has 0 saturated heterocycles.